The molecule has 1 aromatic heterocycles. The lowest BCUT2D eigenvalue weighted by atomic mass is 10.0. The second-order valence-corrected chi connectivity index (χ2v) is 4.09. The Labute approximate surface area is 98.8 Å². The molecule has 2 heterocycles. The number of aromatic nitrogens is 2. The standard InChI is InChI=1S/C12H13N3O2/c1-7-3-8(4-10-11(7)17-6-16-10)9-5-14-15(2)12(9)13/h3-5H,6,13H2,1-2H3. The molecule has 0 amide bonds. The number of anilines is 1. The van der Waals surface area contributed by atoms with Gasteiger partial charge in [-0.3, -0.25) is 4.68 Å². The summed E-state index contributed by atoms with van der Waals surface area (Å²) in [4.78, 5) is 0. The number of nitrogens with zero attached hydrogens (tertiary/aromatic N) is 2. The van der Waals surface area contributed by atoms with E-state index in [1.54, 1.807) is 10.9 Å². The van der Waals surface area contributed by atoms with Crippen LogP contribution in [0.5, 0.6) is 11.5 Å². The van der Waals surface area contributed by atoms with Crippen molar-refractivity contribution in [3.63, 3.8) is 0 Å². The largest absolute Gasteiger partial charge is 0.454 e. The van der Waals surface area contributed by atoms with Crippen LogP contribution in [-0.4, -0.2) is 16.6 Å². The highest BCUT2D eigenvalue weighted by molar-refractivity contribution is 5.76. The van der Waals surface area contributed by atoms with Gasteiger partial charge in [0, 0.05) is 12.6 Å². The van der Waals surface area contributed by atoms with E-state index in [0.717, 1.165) is 28.2 Å². The van der Waals surface area contributed by atoms with E-state index in [2.05, 4.69) is 5.10 Å². The third kappa shape index (κ3) is 1.43. The average molecular weight is 231 g/mol. The van der Waals surface area contributed by atoms with Gasteiger partial charge in [0.25, 0.3) is 0 Å². The molecule has 2 aromatic rings. The SMILES string of the molecule is Cc1cc(-c2cnn(C)c2N)cc2c1OCO2. The third-order valence-electron chi connectivity index (χ3n) is 2.95. The summed E-state index contributed by atoms with van der Waals surface area (Å²) in [6.07, 6.45) is 1.76. The number of ether oxygens (including phenoxy) is 2. The minimum atomic E-state index is 0.280. The first-order chi connectivity index (χ1) is 8.16. The summed E-state index contributed by atoms with van der Waals surface area (Å²) in [5, 5.41) is 4.14. The predicted octanol–water partition coefficient (Wildman–Crippen LogP) is 1.71. The fraction of sp³-hybridized carbons (Fsp3) is 0.250. The first-order valence-electron chi connectivity index (χ1n) is 5.35. The van der Waals surface area contributed by atoms with Crippen molar-refractivity contribution >= 4 is 5.82 Å². The lowest BCUT2D eigenvalue weighted by Gasteiger charge is -2.05. The lowest BCUT2D eigenvalue weighted by molar-refractivity contribution is 0.173. The van der Waals surface area contributed by atoms with Crippen molar-refractivity contribution in [2.75, 3.05) is 12.5 Å². The van der Waals surface area contributed by atoms with Gasteiger partial charge in [-0.15, -0.1) is 0 Å². The monoisotopic (exact) mass is 231 g/mol. The van der Waals surface area contributed by atoms with E-state index >= 15 is 0 Å². The van der Waals surface area contributed by atoms with E-state index < -0.39 is 0 Å². The Bertz CT molecular complexity index is 590. The smallest absolute Gasteiger partial charge is 0.231 e. The van der Waals surface area contributed by atoms with Crippen molar-refractivity contribution in [3.8, 4) is 22.6 Å². The molecule has 3 rings (SSSR count). The molecule has 0 fully saturated rings. The number of nitrogen functional groups attached to an aromatic ring is 1. The summed E-state index contributed by atoms with van der Waals surface area (Å²) in [6.45, 7) is 2.27. The molecule has 1 aromatic carbocycles. The van der Waals surface area contributed by atoms with Crippen LogP contribution in [0.4, 0.5) is 5.82 Å². The normalized spacial score (nSPS) is 13.1. The van der Waals surface area contributed by atoms with Gasteiger partial charge in [-0.05, 0) is 30.2 Å². The van der Waals surface area contributed by atoms with Gasteiger partial charge in [0.2, 0.25) is 6.79 Å². The molecule has 1 aliphatic rings. The maximum Gasteiger partial charge on any atom is 0.231 e. The van der Waals surface area contributed by atoms with E-state index in [-0.39, 0.29) is 6.79 Å². The number of fused-ring (bicyclic) bond motifs is 1. The molecule has 88 valence electrons. The minimum Gasteiger partial charge on any atom is -0.454 e. The number of hydrogen-bond donors (Lipinski definition) is 1. The summed E-state index contributed by atoms with van der Waals surface area (Å²) in [5.41, 5.74) is 8.91. The number of rotatable bonds is 1. The summed E-state index contributed by atoms with van der Waals surface area (Å²) in [6, 6.07) is 3.96. The van der Waals surface area contributed by atoms with E-state index in [0.29, 0.717) is 5.82 Å². The average Bonchev–Trinajstić information content (AvgIpc) is 2.88. The summed E-state index contributed by atoms with van der Waals surface area (Å²) < 4.78 is 12.4. The first kappa shape index (κ1) is 10.0. The molecular formula is C12H13N3O2. The van der Waals surface area contributed by atoms with E-state index in [1.165, 1.54) is 0 Å². The van der Waals surface area contributed by atoms with E-state index in [1.807, 2.05) is 26.1 Å². The highest BCUT2D eigenvalue weighted by Gasteiger charge is 2.19. The van der Waals surface area contributed by atoms with Gasteiger partial charge < -0.3 is 15.2 Å². The molecule has 0 aliphatic carbocycles. The molecule has 0 bridgehead atoms. The van der Waals surface area contributed by atoms with Crippen LogP contribution in [0.25, 0.3) is 11.1 Å². The molecule has 17 heavy (non-hydrogen) atoms. The Morgan fingerprint density at radius 1 is 1.35 bits per heavy atom. The van der Waals surface area contributed by atoms with Gasteiger partial charge in [0.05, 0.1) is 6.20 Å². The molecule has 0 radical (unpaired) electrons. The van der Waals surface area contributed by atoms with Crippen molar-refractivity contribution < 1.29 is 9.47 Å². The molecule has 0 saturated carbocycles. The van der Waals surface area contributed by atoms with Crippen LogP contribution in [0.2, 0.25) is 0 Å². The van der Waals surface area contributed by atoms with Crippen LogP contribution < -0.4 is 15.2 Å². The molecule has 0 unspecified atom stereocenters. The van der Waals surface area contributed by atoms with Crippen LogP contribution in [0.1, 0.15) is 5.56 Å². The summed E-state index contributed by atoms with van der Waals surface area (Å²) >= 11 is 0. The molecule has 2 N–H and O–H groups in total. The molecule has 5 heteroatoms. The van der Waals surface area contributed by atoms with Gasteiger partial charge >= 0.3 is 0 Å². The molecule has 5 nitrogen and oxygen atoms in total. The number of nitrogens with two attached hydrogens (primary N) is 1. The fourth-order valence-electron chi connectivity index (χ4n) is 2.01. The fourth-order valence-corrected chi connectivity index (χ4v) is 2.01. The number of benzene rings is 1. The lowest BCUT2D eigenvalue weighted by Crippen LogP contribution is -1.98. The van der Waals surface area contributed by atoms with Crippen LogP contribution in [0.15, 0.2) is 18.3 Å². The Morgan fingerprint density at radius 3 is 2.88 bits per heavy atom. The number of aryl methyl sites for hydroxylation is 2. The van der Waals surface area contributed by atoms with Crippen molar-refractivity contribution in [3.05, 3.63) is 23.9 Å². The second-order valence-electron chi connectivity index (χ2n) is 4.09. The molecule has 1 aliphatic heterocycles. The summed E-state index contributed by atoms with van der Waals surface area (Å²) in [7, 11) is 1.82. The molecule has 0 saturated heterocycles. The van der Waals surface area contributed by atoms with Crippen LogP contribution >= 0.6 is 0 Å². The Hall–Kier alpha value is -2.17. The van der Waals surface area contributed by atoms with Crippen LogP contribution in [-0.2, 0) is 7.05 Å². The third-order valence-corrected chi connectivity index (χ3v) is 2.95. The maximum atomic E-state index is 5.96. The second kappa shape index (κ2) is 3.41. The van der Waals surface area contributed by atoms with E-state index in [9.17, 15) is 0 Å². The zero-order chi connectivity index (χ0) is 12.0. The van der Waals surface area contributed by atoms with Crippen LogP contribution in [0, 0.1) is 6.92 Å². The zero-order valence-electron chi connectivity index (χ0n) is 9.73. The highest BCUT2D eigenvalue weighted by Crippen LogP contribution is 2.40. The van der Waals surface area contributed by atoms with Gasteiger partial charge in [0.15, 0.2) is 11.5 Å². The van der Waals surface area contributed by atoms with Gasteiger partial charge in [-0.25, -0.2) is 0 Å². The minimum absolute atomic E-state index is 0.280. The first-order valence-corrected chi connectivity index (χ1v) is 5.35. The van der Waals surface area contributed by atoms with Crippen LogP contribution in [0.3, 0.4) is 0 Å². The van der Waals surface area contributed by atoms with Crippen molar-refractivity contribution in [1.82, 2.24) is 9.78 Å². The Morgan fingerprint density at radius 2 is 2.18 bits per heavy atom. The van der Waals surface area contributed by atoms with Gasteiger partial charge in [0.1, 0.15) is 5.82 Å². The molecule has 0 atom stereocenters. The van der Waals surface area contributed by atoms with E-state index in [4.69, 9.17) is 15.2 Å². The van der Waals surface area contributed by atoms with Gasteiger partial charge in [-0.1, -0.05) is 0 Å². The highest BCUT2D eigenvalue weighted by atomic mass is 16.7. The quantitative estimate of drug-likeness (QED) is 0.811. The van der Waals surface area contributed by atoms with Gasteiger partial charge in [-0.2, -0.15) is 5.10 Å². The number of hydrogen-bond acceptors (Lipinski definition) is 4. The summed E-state index contributed by atoms with van der Waals surface area (Å²) in [5.74, 6) is 2.22. The Kier molecular flexibility index (Phi) is 2.01. The van der Waals surface area contributed by atoms with Crippen molar-refractivity contribution in [1.29, 1.82) is 0 Å². The van der Waals surface area contributed by atoms with Crippen molar-refractivity contribution in [2.45, 2.75) is 6.92 Å². The maximum absolute atomic E-state index is 5.96. The van der Waals surface area contributed by atoms with Crippen molar-refractivity contribution in [2.24, 2.45) is 7.05 Å². The Balaban J connectivity index is 2.16. The predicted molar refractivity (Wildman–Crippen MR) is 63.9 cm³/mol. The molecule has 0 spiro atoms. The molecular weight excluding hydrogens is 218 g/mol. The zero-order valence-corrected chi connectivity index (χ0v) is 9.73. The topological polar surface area (TPSA) is 62.3 Å².